The lowest BCUT2D eigenvalue weighted by Gasteiger charge is -2.30. The average Bonchev–Trinajstić information content (AvgIpc) is 3.01. The smallest absolute Gasteiger partial charge is 0.204 e. The highest BCUT2D eigenvalue weighted by atomic mass is 19.2. The second-order valence-corrected chi connectivity index (χ2v) is 12.2. The highest BCUT2D eigenvalue weighted by Gasteiger charge is 2.28. The number of hydrogen-bond acceptors (Lipinski definition) is 2. The summed E-state index contributed by atoms with van der Waals surface area (Å²) in [6.45, 7) is 5.47. The van der Waals surface area contributed by atoms with Crippen LogP contribution in [0.1, 0.15) is 107 Å². The minimum absolute atomic E-state index is 0.0139. The van der Waals surface area contributed by atoms with Crippen molar-refractivity contribution >= 4 is 0 Å². The third-order valence-corrected chi connectivity index (χ3v) is 9.40. The molecule has 0 heterocycles. The minimum atomic E-state index is -1.29. The first kappa shape index (κ1) is 32.3. The Morgan fingerprint density at radius 2 is 1.48 bits per heavy atom. The van der Waals surface area contributed by atoms with Gasteiger partial charge in [-0.2, -0.15) is 8.78 Å². The highest BCUT2D eigenvalue weighted by molar-refractivity contribution is 5.36. The van der Waals surface area contributed by atoms with Gasteiger partial charge in [-0.25, -0.2) is 13.2 Å². The molecule has 0 spiro atoms. The van der Waals surface area contributed by atoms with E-state index in [0.29, 0.717) is 17.4 Å². The first-order chi connectivity index (χ1) is 20.3. The molecule has 42 heavy (non-hydrogen) atoms. The first-order valence-electron chi connectivity index (χ1n) is 15.8. The van der Waals surface area contributed by atoms with Crippen LogP contribution in [0.15, 0.2) is 36.9 Å². The number of unbranched alkanes of at least 4 members (excludes halogenated alkanes) is 2. The van der Waals surface area contributed by atoms with E-state index in [9.17, 15) is 22.0 Å². The van der Waals surface area contributed by atoms with Gasteiger partial charge in [0.1, 0.15) is 12.8 Å². The Bertz CT molecular complexity index is 1150. The Morgan fingerprint density at radius 1 is 0.810 bits per heavy atom. The molecule has 2 aromatic carbocycles. The largest absolute Gasteiger partial charge is 0.490 e. The van der Waals surface area contributed by atoms with E-state index in [0.717, 1.165) is 51.4 Å². The highest BCUT2D eigenvalue weighted by Crippen LogP contribution is 2.39. The predicted molar refractivity (Wildman–Crippen MR) is 157 cm³/mol. The molecule has 2 aromatic rings. The van der Waals surface area contributed by atoms with Crippen LogP contribution in [0.2, 0.25) is 0 Å². The zero-order valence-corrected chi connectivity index (χ0v) is 24.8. The number of alkyl halides is 1. The number of benzene rings is 2. The van der Waals surface area contributed by atoms with Crippen LogP contribution >= 0.6 is 0 Å². The standard InChI is InChI=1S/C35H45F5O2/c1-3-5-6-7-24-10-14-26(15-11-24)29(36)20-21-41-30-18-19-31(35(40)34(30)39)42-22-27-16-17-28(33(38)32(27)37)25-12-8-23(4-2)9-13-25/h4,16-19,23-26,29H,2-3,5-15,20-22H2,1H3. The number of halogens is 5. The fourth-order valence-corrected chi connectivity index (χ4v) is 6.63. The van der Waals surface area contributed by atoms with Crippen molar-refractivity contribution in [3.05, 3.63) is 71.3 Å². The molecule has 0 aliphatic heterocycles. The van der Waals surface area contributed by atoms with E-state index in [1.807, 2.05) is 6.08 Å². The summed E-state index contributed by atoms with van der Waals surface area (Å²) in [5.74, 6) is -4.25. The second-order valence-electron chi connectivity index (χ2n) is 12.2. The van der Waals surface area contributed by atoms with Crippen molar-refractivity contribution in [2.24, 2.45) is 17.8 Å². The van der Waals surface area contributed by atoms with E-state index in [2.05, 4.69) is 13.5 Å². The van der Waals surface area contributed by atoms with Crippen LogP contribution < -0.4 is 9.47 Å². The van der Waals surface area contributed by atoms with Crippen molar-refractivity contribution in [2.45, 2.75) is 109 Å². The number of ether oxygens (including phenoxy) is 2. The van der Waals surface area contributed by atoms with Crippen LogP contribution in [0.25, 0.3) is 0 Å². The monoisotopic (exact) mass is 592 g/mol. The summed E-state index contributed by atoms with van der Waals surface area (Å²) in [5.41, 5.74) is 0.253. The summed E-state index contributed by atoms with van der Waals surface area (Å²) in [6.07, 6.45) is 13.0. The van der Waals surface area contributed by atoms with Gasteiger partial charge in [0.05, 0.1) is 6.61 Å². The minimum Gasteiger partial charge on any atom is -0.490 e. The van der Waals surface area contributed by atoms with Gasteiger partial charge in [0.25, 0.3) is 0 Å². The molecule has 0 saturated heterocycles. The summed E-state index contributed by atoms with van der Waals surface area (Å²) in [7, 11) is 0. The molecule has 0 bridgehead atoms. The molecule has 2 fully saturated rings. The fraction of sp³-hybridized carbons (Fsp3) is 0.600. The van der Waals surface area contributed by atoms with Crippen molar-refractivity contribution in [3.63, 3.8) is 0 Å². The SMILES string of the molecule is C=CC1CCC(c2ccc(COc3ccc(OCCC(F)C4CCC(CCCCC)CC4)c(F)c3F)c(F)c2F)CC1. The quantitative estimate of drug-likeness (QED) is 0.123. The van der Waals surface area contributed by atoms with Gasteiger partial charge in [-0.1, -0.05) is 63.7 Å². The third-order valence-electron chi connectivity index (χ3n) is 9.40. The molecule has 0 amide bonds. The van der Waals surface area contributed by atoms with Crippen LogP contribution in [0, 0.1) is 41.0 Å². The van der Waals surface area contributed by atoms with E-state index in [-0.39, 0.29) is 36.2 Å². The van der Waals surface area contributed by atoms with E-state index in [1.165, 1.54) is 43.9 Å². The maximum atomic E-state index is 14.9. The van der Waals surface area contributed by atoms with Crippen molar-refractivity contribution in [2.75, 3.05) is 6.61 Å². The maximum absolute atomic E-state index is 14.9. The molecule has 4 rings (SSSR count). The lowest BCUT2D eigenvalue weighted by molar-refractivity contribution is 0.125. The van der Waals surface area contributed by atoms with Gasteiger partial charge in [0, 0.05) is 12.0 Å². The zero-order valence-electron chi connectivity index (χ0n) is 24.8. The van der Waals surface area contributed by atoms with Crippen LogP contribution in [0.5, 0.6) is 11.5 Å². The number of rotatable bonds is 14. The van der Waals surface area contributed by atoms with E-state index >= 15 is 0 Å². The predicted octanol–water partition coefficient (Wildman–Crippen LogP) is 10.8. The molecule has 7 heteroatoms. The Morgan fingerprint density at radius 3 is 2.12 bits per heavy atom. The molecule has 2 nitrogen and oxygen atoms in total. The molecule has 0 N–H and O–H groups in total. The van der Waals surface area contributed by atoms with Crippen LogP contribution in [0.3, 0.4) is 0 Å². The summed E-state index contributed by atoms with van der Waals surface area (Å²) in [5, 5.41) is 0. The Labute approximate surface area is 247 Å². The summed E-state index contributed by atoms with van der Waals surface area (Å²) >= 11 is 0. The maximum Gasteiger partial charge on any atom is 0.204 e. The van der Waals surface area contributed by atoms with Crippen molar-refractivity contribution < 1.29 is 31.4 Å². The van der Waals surface area contributed by atoms with Crippen molar-refractivity contribution in [1.29, 1.82) is 0 Å². The first-order valence-corrected chi connectivity index (χ1v) is 15.8. The van der Waals surface area contributed by atoms with Gasteiger partial charge in [0.2, 0.25) is 11.6 Å². The van der Waals surface area contributed by atoms with Gasteiger partial charge in [-0.05, 0) is 79.9 Å². The van der Waals surface area contributed by atoms with Gasteiger partial charge in [-0.3, -0.25) is 0 Å². The topological polar surface area (TPSA) is 18.5 Å². The fourth-order valence-electron chi connectivity index (χ4n) is 6.63. The average molecular weight is 593 g/mol. The molecule has 0 aromatic heterocycles. The summed E-state index contributed by atoms with van der Waals surface area (Å²) in [4.78, 5) is 0. The third kappa shape index (κ3) is 8.29. The van der Waals surface area contributed by atoms with Crippen molar-refractivity contribution in [1.82, 2.24) is 0 Å². The Kier molecular flexibility index (Phi) is 12.1. The summed E-state index contributed by atoms with van der Waals surface area (Å²) in [6, 6.07) is 5.38. The Balaban J connectivity index is 1.25. The molecular formula is C35H45F5O2. The Hall–Kier alpha value is -2.57. The summed E-state index contributed by atoms with van der Waals surface area (Å²) < 4.78 is 84.6. The van der Waals surface area contributed by atoms with Gasteiger partial charge >= 0.3 is 0 Å². The normalized spacial score (nSPS) is 23.4. The van der Waals surface area contributed by atoms with Crippen LogP contribution in [-0.2, 0) is 6.61 Å². The lowest BCUT2D eigenvalue weighted by atomic mass is 9.77. The second kappa shape index (κ2) is 15.8. The van der Waals surface area contributed by atoms with Crippen LogP contribution in [-0.4, -0.2) is 12.8 Å². The molecule has 232 valence electrons. The zero-order chi connectivity index (χ0) is 30.1. The van der Waals surface area contributed by atoms with Gasteiger partial charge in [-0.15, -0.1) is 6.58 Å². The van der Waals surface area contributed by atoms with Gasteiger partial charge < -0.3 is 9.47 Å². The molecule has 0 radical (unpaired) electrons. The molecule has 2 aliphatic carbocycles. The molecule has 2 aliphatic rings. The van der Waals surface area contributed by atoms with Crippen LogP contribution in [0.4, 0.5) is 22.0 Å². The molecular weight excluding hydrogens is 547 g/mol. The molecule has 1 atom stereocenters. The number of hydrogen-bond donors (Lipinski definition) is 0. The lowest BCUT2D eigenvalue weighted by Crippen LogP contribution is -2.24. The van der Waals surface area contributed by atoms with Gasteiger partial charge in [0.15, 0.2) is 23.1 Å². The van der Waals surface area contributed by atoms with Crippen molar-refractivity contribution in [3.8, 4) is 11.5 Å². The number of allylic oxidation sites excluding steroid dienone is 1. The van der Waals surface area contributed by atoms with E-state index < -0.39 is 41.8 Å². The molecule has 1 unspecified atom stereocenters. The van der Waals surface area contributed by atoms with E-state index in [1.54, 1.807) is 6.07 Å². The van der Waals surface area contributed by atoms with E-state index in [4.69, 9.17) is 9.47 Å². The molecule has 2 saturated carbocycles.